The summed E-state index contributed by atoms with van der Waals surface area (Å²) in [6, 6.07) is 10.3. The first-order valence-corrected chi connectivity index (χ1v) is 10.2. The number of aryl methyl sites for hydroxylation is 2. The second-order valence-corrected chi connectivity index (χ2v) is 8.13. The third kappa shape index (κ3) is 5.62. The van der Waals surface area contributed by atoms with Crippen LogP contribution in [0.5, 0.6) is 0 Å². The molecule has 1 saturated carbocycles. The summed E-state index contributed by atoms with van der Waals surface area (Å²) in [7, 11) is 2.15. The van der Waals surface area contributed by atoms with Gasteiger partial charge in [-0.25, -0.2) is 8.78 Å². The number of hydrogen-bond donors (Lipinski definition) is 0. The van der Waals surface area contributed by atoms with Gasteiger partial charge in [0.05, 0.1) is 6.10 Å². The lowest BCUT2D eigenvalue weighted by atomic mass is 9.97. The van der Waals surface area contributed by atoms with Gasteiger partial charge in [-0.15, -0.1) is 0 Å². The first kappa shape index (κ1) is 20.9. The van der Waals surface area contributed by atoms with Crippen LogP contribution in [-0.2, 0) is 11.2 Å². The molecule has 0 heterocycles. The normalized spacial score (nSPS) is 15.2. The van der Waals surface area contributed by atoms with Crippen molar-refractivity contribution in [2.75, 3.05) is 26.7 Å². The van der Waals surface area contributed by atoms with Crippen LogP contribution in [0.15, 0.2) is 36.4 Å². The van der Waals surface area contributed by atoms with E-state index in [9.17, 15) is 8.78 Å². The van der Waals surface area contributed by atoms with Crippen LogP contribution in [0.3, 0.4) is 0 Å². The van der Waals surface area contributed by atoms with E-state index in [-0.39, 0.29) is 11.7 Å². The van der Waals surface area contributed by atoms with Gasteiger partial charge in [-0.05, 0) is 81.3 Å². The molecule has 152 valence electrons. The summed E-state index contributed by atoms with van der Waals surface area (Å²) in [5, 5.41) is 0. The van der Waals surface area contributed by atoms with Crippen LogP contribution in [0, 0.1) is 31.4 Å². The van der Waals surface area contributed by atoms with E-state index >= 15 is 0 Å². The van der Waals surface area contributed by atoms with Crippen LogP contribution in [0.2, 0.25) is 0 Å². The number of nitrogens with zero attached hydrogens (tertiary/aromatic N) is 1. The van der Waals surface area contributed by atoms with Crippen molar-refractivity contribution in [1.82, 2.24) is 4.90 Å². The standard InChI is InChI=1S/C24H31F2NO/c1-17-7-4-8-18(2)24(17)23(16-27(3)15-19-12-13-19)28-14-6-9-20-21(25)10-5-11-22(20)26/h4-5,7-8,10-11,19,23H,6,9,12-16H2,1-3H3. The molecule has 1 fully saturated rings. The summed E-state index contributed by atoms with van der Waals surface area (Å²) in [6.45, 7) is 6.65. The third-order valence-corrected chi connectivity index (χ3v) is 5.56. The predicted octanol–water partition coefficient (Wildman–Crippen LogP) is 5.61. The Morgan fingerprint density at radius 3 is 2.25 bits per heavy atom. The minimum Gasteiger partial charge on any atom is -0.372 e. The summed E-state index contributed by atoms with van der Waals surface area (Å²) >= 11 is 0. The van der Waals surface area contributed by atoms with E-state index in [0.717, 1.165) is 19.0 Å². The van der Waals surface area contributed by atoms with Crippen molar-refractivity contribution in [3.8, 4) is 0 Å². The topological polar surface area (TPSA) is 12.5 Å². The maximum absolute atomic E-state index is 13.8. The molecule has 0 amide bonds. The Balaban J connectivity index is 1.63. The molecule has 0 aliphatic heterocycles. The molecule has 1 atom stereocenters. The quantitative estimate of drug-likeness (QED) is 0.491. The van der Waals surface area contributed by atoms with E-state index in [4.69, 9.17) is 4.74 Å². The average molecular weight is 388 g/mol. The molecule has 2 nitrogen and oxygen atoms in total. The first-order chi connectivity index (χ1) is 13.5. The minimum absolute atomic E-state index is 0.0320. The molecular weight excluding hydrogens is 356 g/mol. The van der Waals surface area contributed by atoms with Gasteiger partial charge >= 0.3 is 0 Å². The second-order valence-electron chi connectivity index (χ2n) is 8.13. The molecule has 1 unspecified atom stereocenters. The van der Waals surface area contributed by atoms with Crippen LogP contribution in [0.1, 0.15) is 47.6 Å². The van der Waals surface area contributed by atoms with Gasteiger partial charge in [0.1, 0.15) is 11.6 Å². The van der Waals surface area contributed by atoms with E-state index in [1.807, 2.05) is 0 Å². The molecule has 2 aromatic rings. The van der Waals surface area contributed by atoms with Gasteiger partial charge in [-0.1, -0.05) is 24.3 Å². The SMILES string of the molecule is Cc1cccc(C)c1C(CN(C)CC1CC1)OCCCc1c(F)cccc1F. The minimum atomic E-state index is -0.476. The van der Waals surface area contributed by atoms with Crippen molar-refractivity contribution in [3.63, 3.8) is 0 Å². The average Bonchev–Trinajstić information content (AvgIpc) is 3.44. The van der Waals surface area contributed by atoms with Gasteiger partial charge in [0.2, 0.25) is 0 Å². The molecule has 2 aromatic carbocycles. The molecule has 0 saturated heterocycles. The van der Waals surface area contributed by atoms with Crippen LogP contribution in [-0.4, -0.2) is 31.6 Å². The third-order valence-electron chi connectivity index (χ3n) is 5.56. The van der Waals surface area contributed by atoms with Gasteiger partial charge in [-0.2, -0.15) is 0 Å². The van der Waals surface area contributed by atoms with E-state index < -0.39 is 11.6 Å². The molecule has 0 bridgehead atoms. The number of hydrogen-bond acceptors (Lipinski definition) is 2. The van der Waals surface area contributed by atoms with E-state index in [0.29, 0.717) is 19.4 Å². The zero-order chi connectivity index (χ0) is 20.1. The molecule has 0 radical (unpaired) electrons. The Bertz CT molecular complexity index is 748. The van der Waals surface area contributed by atoms with Gasteiger partial charge in [0, 0.05) is 25.3 Å². The Labute approximate surface area is 167 Å². The van der Waals surface area contributed by atoms with Crippen molar-refractivity contribution in [2.45, 2.75) is 45.6 Å². The van der Waals surface area contributed by atoms with E-state index in [1.165, 1.54) is 47.7 Å². The van der Waals surface area contributed by atoms with Crippen molar-refractivity contribution in [1.29, 1.82) is 0 Å². The highest BCUT2D eigenvalue weighted by atomic mass is 19.1. The smallest absolute Gasteiger partial charge is 0.129 e. The summed E-state index contributed by atoms with van der Waals surface area (Å²) in [5.74, 6) is -0.126. The van der Waals surface area contributed by atoms with Crippen molar-refractivity contribution < 1.29 is 13.5 Å². The highest BCUT2D eigenvalue weighted by Gasteiger charge is 2.25. The van der Waals surface area contributed by atoms with Crippen LogP contribution >= 0.6 is 0 Å². The molecule has 1 aliphatic carbocycles. The first-order valence-electron chi connectivity index (χ1n) is 10.2. The molecule has 28 heavy (non-hydrogen) atoms. The maximum atomic E-state index is 13.8. The number of rotatable bonds is 10. The summed E-state index contributed by atoms with van der Waals surface area (Å²) in [5.41, 5.74) is 3.85. The Hall–Kier alpha value is -1.78. The fourth-order valence-corrected chi connectivity index (χ4v) is 3.91. The lowest BCUT2D eigenvalue weighted by Gasteiger charge is -2.27. The largest absolute Gasteiger partial charge is 0.372 e. The fraction of sp³-hybridized carbons (Fsp3) is 0.500. The summed E-state index contributed by atoms with van der Waals surface area (Å²) in [6.07, 6.45) is 3.55. The molecule has 4 heteroatoms. The van der Waals surface area contributed by atoms with Crippen LogP contribution in [0.4, 0.5) is 8.78 Å². The number of likely N-dealkylation sites (N-methyl/N-ethyl adjacent to an activating group) is 1. The van der Waals surface area contributed by atoms with Crippen molar-refractivity contribution in [2.24, 2.45) is 5.92 Å². The van der Waals surface area contributed by atoms with Gasteiger partial charge in [0.15, 0.2) is 0 Å². The van der Waals surface area contributed by atoms with E-state index in [1.54, 1.807) is 0 Å². The fourth-order valence-electron chi connectivity index (χ4n) is 3.91. The zero-order valence-corrected chi connectivity index (χ0v) is 17.2. The van der Waals surface area contributed by atoms with Crippen molar-refractivity contribution >= 4 is 0 Å². The molecule has 3 rings (SSSR count). The Morgan fingerprint density at radius 2 is 1.64 bits per heavy atom. The highest BCUT2D eigenvalue weighted by Crippen LogP contribution is 2.31. The molecule has 0 spiro atoms. The molecule has 0 N–H and O–H groups in total. The van der Waals surface area contributed by atoms with E-state index in [2.05, 4.69) is 44.0 Å². The monoisotopic (exact) mass is 387 g/mol. The summed E-state index contributed by atoms with van der Waals surface area (Å²) < 4.78 is 33.9. The van der Waals surface area contributed by atoms with Crippen LogP contribution in [0.25, 0.3) is 0 Å². The molecular formula is C24H31F2NO. The number of ether oxygens (including phenoxy) is 1. The number of benzene rings is 2. The zero-order valence-electron chi connectivity index (χ0n) is 17.2. The van der Waals surface area contributed by atoms with Crippen molar-refractivity contribution in [3.05, 3.63) is 70.3 Å². The predicted molar refractivity (Wildman–Crippen MR) is 110 cm³/mol. The number of halogens is 2. The second kappa shape index (κ2) is 9.62. The Kier molecular flexibility index (Phi) is 7.19. The molecule has 1 aliphatic rings. The van der Waals surface area contributed by atoms with Gasteiger partial charge < -0.3 is 9.64 Å². The molecule has 0 aromatic heterocycles. The summed E-state index contributed by atoms with van der Waals surface area (Å²) in [4.78, 5) is 2.35. The lowest BCUT2D eigenvalue weighted by Crippen LogP contribution is -2.29. The maximum Gasteiger partial charge on any atom is 0.129 e. The Morgan fingerprint density at radius 1 is 1.04 bits per heavy atom. The van der Waals surface area contributed by atoms with Crippen LogP contribution < -0.4 is 0 Å². The highest BCUT2D eigenvalue weighted by molar-refractivity contribution is 5.35. The van der Waals surface area contributed by atoms with Gasteiger partial charge in [0.25, 0.3) is 0 Å². The van der Waals surface area contributed by atoms with Gasteiger partial charge in [-0.3, -0.25) is 0 Å². The lowest BCUT2D eigenvalue weighted by molar-refractivity contribution is 0.0273.